The van der Waals surface area contributed by atoms with Crippen LogP contribution in [0, 0.1) is 13.8 Å². The zero-order chi connectivity index (χ0) is 22.4. The summed E-state index contributed by atoms with van der Waals surface area (Å²) in [6.45, 7) is 7.99. The Morgan fingerprint density at radius 2 is 1.65 bits per heavy atom. The largest absolute Gasteiger partial charge is 0.489 e. The Labute approximate surface area is 182 Å². The maximum atomic E-state index is 12.3. The highest BCUT2D eigenvalue weighted by atomic mass is 16.5. The molecule has 0 aliphatic carbocycles. The van der Waals surface area contributed by atoms with Crippen molar-refractivity contribution in [1.82, 2.24) is 5.16 Å². The first-order valence-electron chi connectivity index (χ1n) is 10.3. The number of ether oxygens (including phenoxy) is 2. The third-order valence-corrected chi connectivity index (χ3v) is 5.40. The minimum absolute atomic E-state index is 0.233. The summed E-state index contributed by atoms with van der Waals surface area (Å²) in [5.74, 6) is 0.981. The molecule has 1 atom stereocenters. The van der Waals surface area contributed by atoms with Crippen LogP contribution in [-0.4, -0.2) is 23.5 Å². The zero-order valence-corrected chi connectivity index (χ0v) is 18.3. The van der Waals surface area contributed by atoms with Crippen LogP contribution in [0.1, 0.15) is 69.5 Å². The van der Waals surface area contributed by atoms with Crippen molar-refractivity contribution in [3.8, 4) is 5.75 Å². The summed E-state index contributed by atoms with van der Waals surface area (Å²) < 4.78 is 16.0. The topological polar surface area (TPSA) is 78.6 Å². The molecule has 6 heteroatoms. The van der Waals surface area contributed by atoms with Gasteiger partial charge in [-0.2, -0.15) is 0 Å². The van der Waals surface area contributed by atoms with E-state index in [1.54, 1.807) is 36.4 Å². The van der Waals surface area contributed by atoms with E-state index in [0.29, 0.717) is 29.4 Å². The summed E-state index contributed by atoms with van der Waals surface area (Å²) in [5, 5.41) is 3.89. The van der Waals surface area contributed by atoms with Gasteiger partial charge < -0.3 is 14.0 Å². The van der Waals surface area contributed by atoms with Crippen LogP contribution in [0.3, 0.4) is 0 Å². The molecule has 6 nitrogen and oxygen atoms in total. The van der Waals surface area contributed by atoms with Gasteiger partial charge in [-0.25, -0.2) is 4.79 Å². The lowest BCUT2D eigenvalue weighted by atomic mass is 9.97. The fourth-order valence-corrected chi connectivity index (χ4v) is 3.08. The molecule has 2 aromatic carbocycles. The van der Waals surface area contributed by atoms with Gasteiger partial charge in [-0.05, 0) is 56.0 Å². The number of aryl methyl sites for hydroxylation is 2. The molecule has 0 saturated heterocycles. The van der Waals surface area contributed by atoms with Crippen LogP contribution >= 0.6 is 0 Å². The first-order chi connectivity index (χ1) is 14.9. The van der Waals surface area contributed by atoms with Crippen molar-refractivity contribution < 1.29 is 23.6 Å². The highest BCUT2D eigenvalue weighted by Gasteiger charge is 2.14. The van der Waals surface area contributed by atoms with E-state index < -0.39 is 5.97 Å². The Balaban J connectivity index is 1.51. The predicted octanol–water partition coefficient (Wildman–Crippen LogP) is 5.42. The number of ketones is 1. The number of Topliss-reactive ketones (excluding diaryl/α,β-unsaturated/α-hetero) is 1. The first-order valence-corrected chi connectivity index (χ1v) is 10.3. The monoisotopic (exact) mass is 421 g/mol. The molecular formula is C25H27NO5. The standard InChI is InChI=1S/C25H27NO5/c1-5-16(2)19-6-8-20(9-7-19)24(27)15-30-25(28)21-10-12-22(13-11-21)29-14-23-17(3)26-31-18(23)4/h6-13,16H,5,14-15H2,1-4H3/t16-/m0/s1. The van der Waals surface area contributed by atoms with Gasteiger partial charge in [0, 0.05) is 5.56 Å². The lowest BCUT2D eigenvalue weighted by Crippen LogP contribution is -2.14. The molecule has 3 rings (SSSR count). The lowest BCUT2D eigenvalue weighted by molar-refractivity contribution is 0.0474. The molecule has 31 heavy (non-hydrogen) atoms. The molecule has 3 aromatic rings. The van der Waals surface area contributed by atoms with Gasteiger partial charge in [-0.3, -0.25) is 4.79 Å². The number of esters is 1. The number of rotatable bonds is 9. The molecule has 0 radical (unpaired) electrons. The SMILES string of the molecule is CC[C@H](C)c1ccc(C(=O)COC(=O)c2ccc(OCc3c(C)noc3C)cc2)cc1. The van der Waals surface area contributed by atoms with Gasteiger partial charge in [0.25, 0.3) is 0 Å². The molecule has 0 unspecified atom stereocenters. The Hall–Kier alpha value is -3.41. The van der Waals surface area contributed by atoms with Crippen LogP contribution in [0.15, 0.2) is 53.1 Å². The van der Waals surface area contributed by atoms with Crippen LogP contribution in [0.5, 0.6) is 5.75 Å². The quantitative estimate of drug-likeness (QED) is 0.339. The summed E-state index contributed by atoms with van der Waals surface area (Å²) >= 11 is 0. The highest BCUT2D eigenvalue weighted by Crippen LogP contribution is 2.20. The van der Waals surface area contributed by atoms with Gasteiger partial charge in [0.2, 0.25) is 0 Å². The van der Waals surface area contributed by atoms with Crippen molar-refractivity contribution in [3.63, 3.8) is 0 Å². The van der Waals surface area contributed by atoms with Gasteiger partial charge in [-0.15, -0.1) is 0 Å². The van der Waals surface area contributed by atoms with Gasteiger partial charge in [0.15, 0.2) is 12.4 Å². The van der Waals surface area contributed by atoms with E-state index in [9.17, 15) is 9.59 Å². The first kappa shape index (κ1) is 22.3. The van der Waals surface area contributed by atoms with Gasteiger partial charge in [0.1, 0.15) is 18.1 Å². The highest BCUT2D eigenvalue weighted by molar-refractivity contribution is 5.99. The fraction of sp³-hybridized carbons (Fsp3) is 0.320. The van der Waals surface area contributed by atoms with Crippen molar-refractivity contribution >= 4 is 11.8 Å². The molecule has 0 spiro atoms. The Bertz CT molecular complexity index is 1020. The van der Waals surface area contributed by atoms with E-state index in [1.807, 2.05) is 26.0 Å². The number of nitrogens with zero attached hydrogens (tertiary/aromatic N) is 1. The number of carbonyl (C=O) groups is 2. The molecule has 0 aliphatic heterocycles. The Kier molecular flexibility index (Phi) is 7.23. The zero-order valence-electron chi connectivity index (χ0n) is 18.3. The number of benzene rings is 2. The molecule has 0 amide bonds. The van der Waals surface area contributed by atoms with Crippen molar-refractivity contribution in [2.45, 2.75) is 46.6 Å². The maximum Gasteiger partial charge on any atom is 0.338 e. The molecule has 0 fully saturated rings. The van der Waals surface area contributed by atoms with Gasteiger partial charge in [-0.1, -0.05) is 43.3 Å². The van der Waals surface area contributed by atoms with E-state index in [1.165, 1.54) is 5.56 Å². The minimum atomic E-state index is -0.554. The van der Waals surface area contributed by atoms with E-state index in [2.05, 4.69) is 19.0 Å². The molecule has 0 N–H and O–H groups in total. The number of carbonyl (C=O) groups excluding carboxylic acids is 2. The fourth-order valence-electron chi connectivity index (χ4n) is 3.08. The summed E-state index contributed by atoms with van der Waals surface area (Å²) in [5.41, 5.74) is 3.76. The number of hydrogen-bond acceptors (Lipinski definition) is 6. The van der Waals surface area contributed by atoms with Crippen LogP contribution in [-0.2, 0) is 11.3 Å². The summed E-state index contributed by atoms with van der Waals surface area (Å²) in [4.78, 5) is 24.6. The van der Waals surface area contributed by atoms with Crippen molar-refractivity contribution in [3.05, 3.63) is 82.2 Å². The van der Waals surface area contributed by atoms with Crippen LogP contribution in [0.4, 0.5) is 0 Å². The summed E-state index contributed by atoms with van der Waals surface area (Å²) in [7, 11) is 0. The van der Waals surface area contributed by atoms with E-state index in [4.69, 9.17) is 14.0 Å². The van der Waals surface area contributed by atoms with Crippen LogP contribution in [0.2, 0.25) is 0 Å². The lowest BCUT2D eigenvalue weighted by Gasteiger charge is -2.10. The van der Waals surface area contributed by atoms with E-state index in [0.717, 1.165) is 23.4 Å². The molecule has 1 aromatic heterocycles. The number of aromatic nitrogens is 1. The normalized spacial score (nSPS) is 11.7. The smallest absolute Gasteiger partial charge is 0.338 e. The molecule has 1 heterocycles. The molecular weight excluding hydrogens is 394 g/mol. The third-order valence-electron chi connectivity index (χ3n) is 5.40. The predicted molar refractivity (Wildman–Crippen MR) is 117 cm³/mol. The maximum absolute atomic E-state index is 12.3. The third kappa shape index (κ3) is 5.60. The minimum Gasteiger partial charge on any atom is -0.489 e. The van der Waals surface area contributed by atoms with E-state index in [-0.39, 0.29) is 12.4 Å². The van der Waals surface area contributed by atoms with Gasteiger partial charge in [0.05, 0.1) is 16.8 Å². The molecule has 162 valence electrons. The summed E-state index contributed by atoms with van der Waals surface area (Å²) in [6, 6.07) is 14.0. The van der Waals surface area contributed by atoms with Gasteiger partial charge >= 0.3 is 5.97 Å². The second kappa shape index (κ2) is 10.1. The van der Waals surface area contributed by atoms with Crippen LogP contribution < -0.4 is 4.74 Å². The van der Waals surface area contributed by atoms with Crippen molar-refractivity contribution in [2.75, 3.05) is 6.61 Å². The van der Waals surface area contributed by atoms with Crippen molar-refractivity contribution in [2.24, 2.45) is 0 Å². The number of hydrogen-bond donors (Lipinski definition) is 0. The second-order valence-electron chi connectivity index (χ2n) is 7.55. The van der Waals surface area contributed by atoms with Crippen molar-refractivity contribution in [1.29, 1.82) is 0 Å². The Morgan fingerprint density at radius 1 is 1.00 bits per heavy atom. The molecule has 0 aliphatic rings. The van der Waals surface area contributed by atoms with E-state index >= 15 is 0 Å². The molecule has 0 bridgehead atoms. The van der Waals surface area contributed by atoms with Crippen LogP contribution in [0.25, 0.3) is 0 Å². The molecule has 0 saturated carbocycles. The average molecular weight is 421 g/mol. The Morgan fingerprint density at radius 3 is 2.23 bits per heavy atom. The average Bonchev–Trinajstić information content (AvgIpc) is 3.12. The second-order valence-corrected chi connectivity index (χ2v) is 7.55. The summed E-state index contributed by atoms with van der Waals surface area (Å²) in [6.07, 6.45) is 1.04.